The van der Waals surface area contributed by atoms with Crippen molar-refractivity contribution in [2.24, 2.45) is 0 Å². The van der Waals surface area contributed by atoms with Crippen LogP contribution in [0.4, 0.5) is 0 Å². The van der Waals surface area contributed by atoms with Crippen molar-refractivity contribution in [3.8, 4) is 11.5 Å². The molecule has 5 heteroatoms. The van der Waals surface area contributed by atoms with Gasteiger partial charge in [0.05, 0.1) is 20.3 Å². The molecule has 118 valence electrons. The number of hydrogen-bond acceptors (Lipinski definition) is 4. The van der Waals surface area contributed by atoms with Crippen LogP contribution in [0.3, 0.4) is 0 Å². The first-order valence-electron chi connectivity index (χ1n) is 7.29. The van der Waals surface area contributed by atoms with E-state index >= 15 is 0 Å². The molecular formula is C16H26N2O3. The molecule has 0 bridgehead atoms. The number of carbonyl (C=O) groups is 1. The predicted molar refractivity (Wildman–Crippen MR) is 83.9 cm³/mol. The third kappa shape index (κ3) is 4.93. The standard InChI is InChI=1S/C16H26N2O3/c1-6-9-17-16(19)12(3)18-11(2)14-8-7-13(20-4)10-15(14)21-5/h7-8,10-12,18H,6,9H2,1-5H3,(H,17,19). The molecule has 2 atom stereocenters. The smallest absolute Gasteiger partial charge is 0.236 e. The lowest BCUT2D eigenvalue weighted by atomic mass is 10.1. The maximum absolute atomic E-state index is 11.9. The number of carbonyl (C=O) groups excluding carboxylic acids is 1. The number of ether oxygens (including phenoxy) is 2. The van der Waals surface area contributed by atoms with E-state index in [1.54, 1.807) is 14.2 Å². The van der Waals surface area contributed by atoms with Gasteiger partial charge in [0.1, 0.15) is 11.5 Å². The van der Waals surface area contributed by atoms with Gasteiger partial charge < -0.3 is 14.8 Å². The summed E-state index contributed by atoms with van der Waals surface area (Å²) in [5.41, 5.74) is 0.994. The third-order valence-electron chi connectivity index (χ3n) is 3.35. The number of nitrogens with one attached hydrogen (secondary N) is 2. The number of amides is 1. The van der Waals surface area contributed by atoms with Crippen LogP contribution in [-0.4, -0.2) is 32.7 Å². The van der Waals surface area contributed by atoms with Crippen LogP contribution in [0.15, 0.2) is 18.2 Å². The van der Waals surface area contributed by atoms with Gasteiger partial charge in [-0.1, -0.05) is 13.0 Å². The Balaban J connectivity index is 2.74. The van der Waals surface area contributed by atoms with Crippen LogP contribution in [0.1, 0.15) is 38.8 Å². The van der Waals surface area contributed by atoms with Crippen LogP contribution in [0.5, 0.6) is 11.5 Å². The number of hydrogen-bond donors (Lipinski definition) is 2. The fourth-order valence-electron chi connectivity index (χ4n) is 2.12. The largest absolute Gasteiger partial charge is 0.497 e. The lowest BCUT2D eigenvalue weighted by molar-refractivity contribution is -0.122. The first kappa shape index (κ1) is 17.3. The maximum Gasteiger partial charge on any atom is 0.236 e. The van der Waals surface area contributed by atoms with Gasteiger partial charge in [-0.2, -0.15) is 0 Å². The molecule has 2 N–H and O–H groups in total. The van der Waals surface area contributed by atoms with Gasteiger partial charge in [0.2, 0.25) is 5.91 Å². The molecule has 2 unspecified atom stereocenters. The molecule has 0 heterocycles. The Kier molecular flexibility index (Phi) is 7.02. The summed E-state index contributed by atoms with van der Waals surface area (Å²) in [6.45, 7) is 6.60. The molecule has 1 amide bonds. The minimum atomic E-state index is -0.265. The van der Waals surface area contributed by atoms with Crippen molar-refractivity contribution in [1.82, 2.24) is 10.6 Å². The maximum atomic E-state index is 11.9. The molecule has 21 heavy (non-hydrogen) atoms. The first-order valence-corrected chi connectivity index (χ1v) is 7.29. The highest BCUT2D eigenvalue weighted by atomic mass is 16.5. The van der Waals surface area contributed by atoms with Gasteiger partial charge in [0.15, 0.2) is 0 Å². The molecule has 0 aliphatic heterocycles. The summed E-state index contributed by atoms with van der Waals surface area (Å²) < 4.78 is 10.6. The number of benzene rings is 1. The molecular weight excluding hydrogens is 268 g/mol. The van der Waals surface area contributed by atoms with Crippen molar-refractivity contribution < 1.29 is 14.3 Å². The Morgan fingerprint density at radius 1 is 1.24 bits per heavy atom. The quantitative estimate of drug-likeness (QED) is 0.772. The van der Waals surface area contributed by atoms with E-state index < -0.39 is 0 Å². The summed E-state index contributed by atoms with van der Waals surface area (Å²) in [6.07, 6.45) is 0.931. The van der Waals surface area contributed by atoms with Gasteiger partial charge in [-0.25, -0.2) is 0 Å². The van der Waals surface area contributed by atoms with Crippen LogP contribution >= 0.6 is 0 Å². The second kappa shape index (κ2) is 8.52. The normalized spacial score (nSPS) is 13.4. The van der Waals surface area contributed by atoms with Crippen molar-refractivity contribution in [3.63, 3.8) is 0 Å². The first-order chi connectivity index (χ1) is 10.0. The highest BCUT2D eigenvalue weighted by molar-refractivity contribution is 5.81. The van der Waals surface area contributed by atoms with Crippen molar-refractivity contribution in [3.05, 3.63) is 23.8 Å². The monoisotopic (exact) mass is 294 g/mol. The van der Waals surface area contributed by atoms with Crippen molar-refractivity contribution in [2.45, 2.75) is 39.3 Å². The average Bonchev–Trinajstić information content (AvgIpc) is 2.51. The van der Waals surface area contributed by atoms with Crippen molar-refractivity contribution in [1.29, 1.82) is 0 Å². The van der Waals surface area contributed by atoms with Gasteiger partial charge in [-0.15, -0.1) is 0 Å². The van der Waals surface area contributed by atoms with Crippen LogP contribution in [0, 0.1) is 0 Å². The van der Waals surface area contributed by atoms with Crippen LogP contribution in [0.2, 0.25) is 0 Å². The zero-order valence-electron chi connectivity index (χ0n) is 13.5. The zero-order valence-corrected chi connectivity index (χ0v) is 13.5. The van der Waals surface area contributed by atoms with Crippen molar-refractivity contribution >= 4 is 5.91 Å². The Bertz CT molecular complexity index is 463. The van der Waals surface area contributed by atoms with E-state index in [0.717, 1.165) is 23.5 Å². The van der Waals surface area contributed by atoms with E-state index in [-0.39, 0.29) is 18.0 Å². The molecule has 5 nitrogen and oxygen atoms in total. The van der Waals surface area contributed by atoms with Gasteiger partial charge in [-0.3, -0.25) is 10.1 Å². The fourth-order valence-corrected chi connectivity index (χ4v) is 2.12. The van der Waals surface area contributed by atoms with E-state index in [1.807, 2.05) is 39.0 Å². The molecule has 0 aliphatic rings. The highest BCUT2D eigenvalue weighted by Crippen LogP contribution is 2.29. The highest BCUT2D eigenvalue weighted by Gasteiger charge is 2.18. The molecule has 1 aromatic carbocycles. The zero-order chi connectivity index (χ0) is 15.8. The topological polar surface area (TPSA) is 59.6 Å². The molecule has 1 rings (SSSR count). The average molecular weight is 294 g/mol. The van der Waals surface area contributed by atoms with Crippen LogP contribution in [0.25, 0.3) is 0 Å². The van der Waals surface area contributed by atoms with E-state index in [9.17, 15) is 4.79 Å². The summed E-state index contributed by atoms with van der Waals surface area (Å²) in [7, 11) is 3.25. The summed E-state index contributed by atoms with van der Waals surface area (Å²) in [5.74, 6) is 1.50. The van der Waals surface area contributed by atoms with Gasteiger partial charge in [0, 0.05) is 24.2 Å². The molecule has 0 aliphatic carbocycles. The second-order valence-electron chi connectivity index (χ2n) is 5.01. The number of rotatable bonds is 8. The van der Waals surface area contributed by atoms with E-state index in [1.165, 1.54) is 0 Å². The van der Waals surface area contributed by atoms with E-state index in [4.69, 9.17) is 9.47 Å². The predicted octanol–water partition coefficient (Wildman–Crippen LogP) is 2.27. The lowest BCUT2D eigenvalue weighted by Crippen LogP contribution is -2.43. The molecule has 0 saturated heterocycles. The summed E-state index contributed by atoms with van der Waals surface area (Å²) in [5, 5.41) is 6.17. The van der Waals surface area contributed by atoms with E-state index in [2.05, 4.69) is 10.6 Å². The Labute approximate surface area is 127 Å². The Morgan fingerprint density at radius 3 is 2.52 bits per heavy atom. The lowest BCUT2D eigenvalue weighted by Gasteiger charge is -2.22. The van der Waals surface area contributed by atoms with Crippen LogP contribution < -0.4 is 20.1 Å². The minimum Gasteiger partial charge on any atom is -0.497 e. The summed E-state index contributed by atoms with van der Waals surface area (Å²) in [4.78, 5) is 11.9. The second-order valence-corrected chi connectivity index (χ2v) is 5.01. The van der Waals surface area contributed by atoms with Gasteiger partial charge in [-0.05, 0) is 26.3 Å². The number of methoxy groups -OCH3 is 2. The molecule has 0 spiro atoms. The molecule has 0 saturated carbocycles. The fraction of sp³-hybridized carbons (Fsp3) is 0.562. The molecule has 0 aromatic heterocycles. The minimum absolute atomic E-state index is 0.00627. The third-order valence-corrected chi connectivity index (χ3v) is 3.35. The Morgan fingerprint density at radius 2 is 1.95 bits per heavy atom. The Hall–Kier alpha value is -1.75. The van der Waals surface area contributed by atoms with Crippen LogP contribution in [-0.2, 0) is 4.79 Å². The summed E-state index contributed by atoms with van der Waals surface area (Å²) >= 11 is 0. The summed E-state index contributed by atoms with van der Waals surface area (Å²) in [6, 6.07) is 5.41. The SMILES string of the molecule is CCCNC(=O)C(C)NC(C)c1ccc(OC)cc1OC. The van der Waals surface area contributed by atoms with Gasteiger partial charge in [0.25, 0.3) is 0 Å². The van der Waals surface area contributed by atoms with Crippen molar-refractivity contribution in [2.75, 3.05) is 20.8 Å². The van der Waals surface area contributed by atoms with E-state index in [0.29, 0.717) is 6.54 Å². The molecule has 0 fully saturated rings. The molecule has 0 radical (unpaired) electrons. The molecule has 1 aromatic rings. The van der Waals surface area contributed by atoms with Gasteiger partial charge >= 0.3 is 0 Å².